The maximum absolute atomic E-state index is 12.5. The maximum atomic E-state index is 12.5. The Hall–Kier alpha value is -1.05. The van der Waals surface area contributed by atoms with E-state index in [2.05, 4.69) is 15.9 Å². The SMILES string of the molecule is O=Cc1ccc(Br)c(C(F)(F)F)c1C(F)(F)F. The molecule has 0 aromatic heterocycles. The van der Waals surface area contributed by atoms with Crippen molar-refractivity contribution in [3.63, 3.8) is 0 Å². The van der Waals surface area contributed by atoms with Gasteiger partial charge in [0.05, 0.1) is 11.1 Å². The van der Waals surface area contributed by atoms with E-state index in [1.165, 1.54) is 0 Å². The fraction of sp³-hybridized carbons (Fsp3) is 0.222. The number of carbonyl (C=O) groups is 1. The highest BCUT2D eigenvalue weighted by atomic mass is 79.9. The van der Waals surface area contributed by atoms with Crippen LogP contribution in [0, 0.1) is 0 Å². The molecule has 0 heterocycles. The van der Waals surface area contributed by atoms with Crippen molar-refractivity contribution in [2.75, 3.05) is 0 Å². The zero-order chi connectivity index (χ0) is 13.4. The van der Waals surface area contributed by atoms with Gasteiger partial charge in [0.25, 0.3) is 0 Å². The van der Waals surface area contributed by atoms with Gasteiger partial charge in [0, 0.05) is 10.0 Å². The van der Waals surface area contributed by atoms with Crippen LogP contribution >= 0.6 is 15.9 Å². The van der Waals surface area contributed by atoms with Crippen molar-refractivity contribution < 1.29 is 31.1 Å². The normalized spacial score (nSPS) is 12.6. The average Bonchev–Trinajstić information content (AvgIpc) is 2.13. The molecule has 94 valence electrons. The van der Waals surface area contributed by atoms with E-state index in [9.17, 15) is 31.1 Å². The smallest absolute Gasteiger partial charge is 0.298 e. The van der Waals surface area contributed by atoms with Gasteiger partial charge in [-0.15, -0.1) is 0 Å². The van der Waals surface area contributed by atoms with Gasteiger partial charge in [-0.2, -0.15) is 26.3 Å². The molecule has 0 saturated heterocycles. The van der Waals surface area contributed by atoms with Crippen LogP contribution in [0.4, 0.5) is 26.3 Å². The molecule has 0 unspecified atom stereocenters. The highest BCUT2D eigenvalue weighted by Crippen LogP contribution is 2.44. The molecule has 0 saturated carbocycles. The van der Waals surface area contributed by atoms with Crippen LogP contribution in [0.5, 0.6) is 0 Å². The predicted octanol–water partition coefficient (Wildman–Crippen LogP) is 4.30. The summed E-state index contributed by atoms with van der Waals surface area (Å²) in [6.07, 6.45) is -10.7. The van der Waals surface area contributed by atoms with Gasteiger partial charge in [-0.3, -0.25) is 4.79 Å². The van der Waals surface area contributed by atoms with Crippen LogP contribution in [-0.4, -0.2) is 6.29 Å². The fourth-order valence-electron chi connectivity index (χ4n) is 1.27. The topological polar surface area (TPSA) is 17.1 Å². The summed E-state index contributed by atoms with van der Waals surface area (Å²) in [5.74, 6) is 0. The second-order valence-corrected chi connectivity index (χ2v) is 3.85. The van der Waals surface area contributed by atoms with E-state index in [1.807, 2.05) is 0 Å². The first-order valence-electron chi connectivity index (χ1n) is 4.01. The third kappa shape index (κ3) is 2.80. The molecular weight excluding hydrogens is 318 g/mol. The Morgan fingerprint density at radius 1 is 0.941 bits per heavy atom. The zero-order valence-electron chi connectivity index (χ0n) is 7.79. The minimum absolute atomic E-state index is 0.259. The first kappa shape index (κ1) is 14.0. The summed E-state index contributed by atoms with van der Waals surface area (Å²) in [7, 11) is 0. The van der Waals surface area contributed by atoms with Crippen molar-refractivity contribution in [3.8, 4) is 0 Å². The second kappa shape index (κ2) is 4.32. The van der Waals surface area contributed by atoms with Gasteiger partial charge in [0.15, 0.2) is 6.29 Å². The van der Waals surface area contributed by atoms with E-state index in [-0.39, 0.29) is 6.29 Å². The van der Waals surface area contributed by atoms with Crippen LogP contribution < -0.4 is 0 Å². The number of hydrogen-bond donors (Lipinski definition) is 0. The molecule has 0 bridgehead atoms. The van der Waals surface area contributed by atoms with Crippen LogP contribution in [-0.2, 0) is 12.4 Å². The van der Waals surface area contributed by atoms with Crippen LogP contribution in [0.1, 0.15) is 21.5 Å². The fourth-order valence-corrected chi connectivity index (χ4v) is 1.83. The van der Waals surface area contributed by atoms with E-state index in [1.54, 1.807) is 0 Å². The van der Waals surface area contributed by atoms with Gasteiger partial charge < -0.3 is 0 Å². The number of rotatable bonds is 1. The Bertz CT molecular complexity index is 448. The lowest BCUT2D eigenvalue weighted by molar-refractivity contribution is -0.162. The Balaban J connectivity index is 3.73. The Kier molecular flexibility index (Phi) is 3.56. The molecule has 0 N–H and O–H groups in total. The quantitative estimate of drug-likeness (QED) is 0.557. The average molecular weight is 321 g/mol. The molecule has 0 radical (unpaired) electrons. The number of halogens is 7. The maximum Gasteiger partial charge on any atom is 0.418 e. The van der Waals surface area contributed by atoms with Crippen molar-refractivity contribution in [1.82, 2.24) is 0 Å². The molecule has 1 aromatic rings. The zero-order valence-corrected chi connectivity index (χ0v) is 9.37. The molecule has 8 heteroatoms. The molecular formula is C9H3BrF6O. The van der Waals surface area contributed by atoms with Gasteiger partial charge in [0.1, 0.15) is 0 Å². The summed E-state index contributed by atoms with van der Waals surface area (Å²) in [5, 5.41) is 0. The van der Waals surface area contributed by atoms with Gasteiger partial charge in [-0.05, 0) is 12.1 Å². The van der Waals surface area contributed by atoms with Gasteiger partial charge in [-0.25, -0.2) is 0 Å². The van der Waals surface area contributed by atoms with Crippen LogP contribution in [0.2, 0.25) is 0 Å². The van der Waals surface area contributed by atoms with Crippen LogP contribution in [0.15, 0.2) is 16.6 Å². The molecule has 0 aliphatic heterocycles. The number of aldehydes is 1. The van der Waals surface area contributed by atoms with Crippen LogP contribution in [0.25, 0.3) is 0 Å². The second-order valence-electron chi connectivity index (χ2n) is 3.00. The molecule has 17 heavy (non-hydrogen) atoms. The summed E-state index contributed by atoms with van der Waals surface area (Å²) < 4.78 is 74.3. The largest absolute Gasteiger partial charge is 0.418 e. The summed E-state index contributed by atoms with van der Waals surface area (Å²) in [5.41, 5.74) is -4.92. The van der Waals surface area contributed by atoms with E-state index in [0.29, 0.717) is 6.07 Å². The Labute approximate surface area is 99.5 Å². The molecule has 0 fully saturated rings. The molecule has 0 spiro atoms. The molecule has 0 amide bonds. The summed E-state index contributed by atoms with van der Waals surface area (Å²) in [4.78, 5) is 10.4. The number of alkyl halides is 6. The molecule has 1 aromatic carbocycles. The van der Waals surface area contributed by atoms with E-state index >= 15 is 0 Å². The molecule has 0 atom stereocenters. The van der Waals surface area contributed by atoms with Crippen molar-refractivity contribution in [2.24, 2.45) is 0 Å². The number of hydrogen-bond acceptors (Lipinski definition) is 1. The lowest BCUT2D eigenvalue weighted by Gasteiger charge is -2.18. The third-order valence-corrected chi connectivity index (χ3v) is 2.54. The summed E-state index contributed by atoms with van der Waals surface area (Å²) >= 11 is 2.40. The lowest BCUT2D eigenvalue weighted by Crippen LogP contribution is -2.19. The molecule has 0 aliphatic carbocycles. The van der Waals surface area contributed by atoms with Crippen molar-refractivity contribution >= 4 is 22.2 Å². The van der Waals surface area contributed by atoms with Gasteiger partial charge >= 0.3 is 12.4 Å². The third-order valence-electron chi connectivity index (χ3n) is 1.88. The molecule has 1 rings (SSSR count). The summed E-state index contributed by atoms with van der Waals surface area (Å²) in [6, 6.07) is 1.43. The summed E-state index contributed by atoms with van der Waals surface area (Å²) in [6.45, 7) is 0. The molecule has 0 aliphatic rings. The van der Waals surface area contributed by atoms with Crippen molar-refractivity contribution in [3.05, 3.63) is 33.3 Å². The van der Waals surface area contributed by atoms with Crippen LogP contribution in [0.3, 0.4) is 0 Å². The van der Waals surface area contributed by atoms with E-state index in [0.717, 1.165) is 6.07 Å². The predicted molar refractivity (Wildman–Crippen MR) is 49.5 cm³/mol. The standard InChI is InChI=1S/C9H3BrF6O/c10-5-2-1-4(3-17)6(8(11,12)13)7(5)9(14,15)16/h1-3H. The monoisotopic (exact) mass is 320 g/mol. The Morgan fingerprint density at radius 3 is 1.76 bits per heavy atom. The highest BCUT2D eigenvalue weighted by Gasteiger charge is 2.46. The van der Waals surface area contributed by atoms with Crippen molar-refractivity contribution in [1.29, 1.82) is 0 Å². The van der Waals surface area contributed by atoms with Gasteiger partial charge in [-0.1, -0.05) is 15.9 Å². The van der Waals surface area contributed by atoms with E-state index in [4.69, 9.17) is 0 Å². The first-order valence-corrected chi connectivity index (χ1v) is 4.80. The number of benzene rings is 1. The lowest BCUT2D eigenvalue weighted by atomic mass is 10.0. The first-order chi connectivity index (χ1) is 7.59. The Morgan fingerprint density at radius 2 is 1.41 bits per heavy atom. The van der Waals surface area contributed by atoms with Gasteiger partial charge in [0.2, 0.25) is 0 Å². The minimum atomic E-state index is -5.26. The number of carbonyl (C=O) groups excluding carboxylic acids is 1. The highest BCUT2D eigenvalue weighted by molar-refractivity contribution is 9.10. The minimum Gasteiger partial charge on any atom is -0.298 e. The molecule has 1 nitrogen and oxygen atoms in total. The van der Waals surface area contributed by atoms with Crippen molar-refractivity contribution in [2.45, 2.75) is 12.4 Å². The van der Waals surface area contributed by atoms with E-state index < -0.39 is 33.5 Å².